The van der Waals surface area contributed by atoms with E-state index in [1.54, 1.807) is 7.05 Å². The second-order valence-electron chi connectivity index (χ2n) is 9.82. The minimum Gasteiger partial charge on any atom is -0.481 e. The Hall–Kier alpha value is -3.15. The average Bonchev–Trinajstić information content (AvgIpc) is 2.86. The third-order valence-electron chi connectivity index (χ3n) is 6.58. The third-order valence-corrected chi connectivity index (χ3v) is 7.03. The van der Waals surface area contributed by atoms with Crippen LogP contribution >= 0.6 is 7.82 Å². The molecule has 0 heterocycles. The molecule has 0 radical (unpaired) electrons. The Labute approximate surface area is 227 Å². The standard InChI is InChI=1S/C25H38N3O10P/c1-27(15-5-8-18-6-3-2-4-7-18)24(33)21(13-14-22(29)30)26-25(34)28(17-23(31)32)16-19-9-11-20(12-10-19)38-39(35,36)37/h9-12,18,21H,2-8,13-17H2,1H3,(H,26,34)(H,29,30)(H,31,32)(H2,35,36,37)/t21-/m1/s1. The van der Waals surface area contributed by atoms with Gasteiger partial charge in [-0.2, -0.15) is 0 Å². The Bertz CT molecular complexity index is 1020. The predicted octanol–water partition coefficient (Wildman–Crippen LogP) is 2.81. The van der Waals surface area contributed by atoms with E-state index in [2.05, 4.69) is 9.84 Å². The third kappa shape index (κ3) is 12.5. The van der Waals surface area contributed by atoms with E-state index in [1.165, 1.54) is 61.3 Å². The van der Waals surface area contributed by atoms with Crippen LogP contribution in [0.25, 0.3) is 0 Å². The molecule has 0 spiro atoms. The summed E-state index contributed by atoms with van der Waals surface area (Å²) in [5, 5.41) is 20.9. The van der Waals surface area contributed by atoms with E-state index in [0.29, 0.717) is 18.0 Å². The molecular formula is C25H38N3O10P. The number of aliphatic carboxylic acids is 2. The number of benzene rings is 1. The molecule has 13 nitrogen and oxygen atoms in total. The minimum atomic E-state index is -4.76. The van der Waals surface area contributed by atoms with Crippen LogP contribution in [0.1, 0.15) is 63.4 Å². The Morgan fingerprint density at radius 3 is 2.26 bits per heavy atom. The summed E-state index contributed by atoms with van der Waals surface area (Å²) in [6.07, 6.45) is 7.33. The molecular weight excluding hydrogens is 533 g/mol. The number of urea groups is 1. The first-order chi connectivity index (χ1) is 18.3. The molecule has 1 aromatic carbocycles. The lowest BCUT2D eigenvalue weighted by Gasteiger charge is -2.28. The Kier molecular flexibility index (Phi) is 12.7. The van der Waals surface area contributed by atoms with Gasteiger partial charge in [0.25, 0.3) is 0 Å². The van der Waals surface area contributed by atoms with Crippen molar-refractivity contribution >= 4 is 31.7 Å². The lowest BCUT2D eigenvalue weighted by atomic mass is 9.86. The zero-order chi connectivity index (χ0) is 29.0. The van der Waals surface area contributed by atoms with Gasteiger partial charge in [-0.25, -0.2) is 9.36 Å². The fraction of sp³-hybridized carbons (Fsp3) is 0.600. The first-order valence-corrected chi connectivity index (χ1v) is 14.4. The number of carbonyl (C=O) groups excluding carboxylic acids is 2. The molecule has 0 aliphatic heterocycles. The largest absolute Gasteiger partial charge is 0.524 e. The predicted molar refractivity (Wildman–Crippen MR) is 140 cm³/mol. The van der Waals surface area contributed by atoms with Gasteiger partial charge in [-0.05, 0) is 42.9 Å². The maximum absolute atomic E-state index is 13.1. The molecule has 1 atom stereocenters. The van der Waals surface area contributed by atoms with Crippen LogP contribution in [0.4, 0.5) is 4.79 Å². The lowest BCUT2D eigenvalue weighted by Crippen LogP contribution is -2.52. The van der Waals surface area contributed by atoms with Crippen molar-refractivity contribution in [3.8, 4) is 5.75 Å². The highest BCUT2D eigenvalue weighted by molar-refractivity contribution is 7.46. The summed E-state index contributed by atoms with van der Waals surface area (Å²) < 4.78 is 15.5. The smallest absolute Gasteiger partial charge is 0.481 e. The molecule has 1 aliphatic carbocycles. The van der Waals surface area contributed by atoms with Gasteiger partial charge in [0.2, 0.25) is 5.91 Å². The number of carboxylic acid groups (broad SMARTS) is 2. The molecule has 2 rings (SSSR count). The molecule has 39 heavy (non-hydrogen) atoms. The van der Waals surface area contributed by atoms with E-state index in [9.17, 15) is 28.8 Å². The topological polar surface area (TPSA) is 194 Å². The van der Waals surface area contributed by atoms with Crippen LogP contribution in [0.3, 0.4) is 0 Å². The fourth-order valence-electron chi connectivity index (χ4n) is 4.61. The van der Waals surface area contributed by atoms with Crippen LogP contribution in [0, 0.1) is 5.92 Å². The van der Waals surface area contributed by atoms with Crippen molar-refractivity contribution in [1.29, 1.82) is 0 Å². The molecule has 3 amide bonds. The van der Waals surface area contributed by atoms with Gasteiger partial charge in [-0.15, -0.1) is 0 Å². The van der Waals surface area contributed by atoms with Crippen LogP contribution < -0.4 is 9.84 Å². The van der Waals surface area contributed by atoms with Gasteiger partial charge >= 0.3 is 25.8 Å². The molecule has 1 saturated carbocycles. The number of phosphoric ester groups is 1. The number of nitrogens with zero attached hydrogens (tertiary/aromatic N) is 2. The van der Waals surface area contributed by atoms with E-state index in [0.717, 1.165) is 17.7 Å². The number of amides is 3. The van der Waals surface area contributed by atoms with Crippen molar-refractivity contribution < 1.29 is 48.3 Å². The molecule has 5 N–H and O–H groups in total. The van der Waals surface area contributed by atoms with E-state index < -0.39 is 44.3 Å². The number of carbonyl (C=O) groups is 4. The Morgan fingerprint density at radius 2 is 1.69 bits per heavy atom. The van der Waals surface area contributed by atoms with E-state index >= 15 is 0 Å². The summed E-state index contributed by atoms with van der Waals surface area (Å²) in [4.78, 5) is 69.0. The van der Waals surface area contributed by atoms with Gasteiger partial charge in [-0.1, -0.05) is 44.2 Å². The zero-order valence-electron chi connectivity index (χ0n) is 22.0. The zero-order valence-corrected chi connectivity index (χ0v) is 22.9. The summed E-state index contributed by atoms with van der Waals surface area (Å²) in [6.45, 7) is -0.453. The molecule has 1 aliphatic rings. The van der Waals surface area contributed by atoms with Gasteiger partial charge in [-0.3, -0.25) is 24.2 Å². The highest BCUT2D eigenvalue weighted by atomic mass is 31.2. The SMILES string of the molecule is CN(CCCC1CCCCC1)C(=O)[C@@H](CCC(=O)O)NC(=O)N(CC(=O)O)Cc1ccc(OP(=O)(O)O)cc1. The van der Waals surface area contributed by atoms with Crippen molar-refractivity contribution in [2.24, 2.45) is 5.92 Å². The first-order valence-electron chi connectivity index (χ1n) is 12.9. The average molecular weight is 572 g/mol. The summed E-state index contributed by atoms with van der Waals surface area (Å²) in [5.74, 6) is -2.37. The molecule has 0 aromatic heterocycles. The van der Waals surface area contributed by atoms with Gasteiger partial charge < -0.3 is 29.9 Å². The van der Waals surface area contributed by atoms with E-state index in [4.69, 9.17) is 14.9 Å². The summed E-state index contributed by atoms with van der Waals surface area (Å²) in [7, 11) is -3.16. The molecule has 0 bridgehead atoms. The van der Waals surface area contributed by atoms with Crippen LogP contribution in [-0.2, 0) is 25.5 Å². The number of phosphoric acid groups is 1. The summed E-state index contributed by atoms with van der Waals surface area (Å²) >= 11 is 0. The maximum Gasteiger partial charge on any atom is 0.524 e. The summed E-state index contributed by atoms with van der Waals surface area (Å²) in [5.41, 5.74) is 0.428. The number of likely N-dealkylation sites (N-methyl/N-ethyl adjacent to an activating group) is 1. The van der Waals surface area contributed by atoms with E-state index in [-0.39, 0.29) is 25.1 Å². The van der Waals surface area contributed by atoms with Crippen LogP contribution in [0.5, 0.6) is 5.75 Å². The van der Waals surface area contributed by atoms with Crippen molar-refractivity contribution in [3.63, 3.8) is 0 Å². The van der Waals surface area contributed by atoms with Crippen molar-refractivity contribution in [2.45, 2.75) is 70.4 Å². The molecule has 1 aromatic rings. The minimum absolute atomic E-state index is 0.118. The molecule has 1 fully saturated rings. The van der Waals surface area contributed by atoms with Crippen molar-refractivity contribution in [3.05, 3.63) is 29.8 Å². The molecule has 14 heteroatoms. The first kappa shape index (κ1) is 32.1. The van der Waals surface area contributed by atoms with Gasteiger partial charge in [0, 0.05) is 26.6 Å². The van der Waals surface area contributed by atoms with E-state index in [1.807, 2.05) is 0 Å². The van der Waals surface area contributed by atoms with Gasteiger partial charge in [0.05, 0.1) is 0 Å². The maximum atomic E-state index is 13.1. The van der Waals surface area contributed by atoms with Crippen LogP contribution in [-0.4, -0.2) is 79.9 Å². The molecule has 218 valence electrons. The number of nitrogens with one attached hydrogen (secondary N) is 1. The van der Waals surface area contributed by atoms with Crippen molar-refractivity contribution in [2.75, 3.05) is 20.1 Å². The number of carboxylic acids is 2. The quantitative estimate of drug-likeness (QED) is 0.195. The Balaban J connectivity index is 2.05. The molecule has 0 saturated heterocycles. The highest BCUT2D eigenvalue weighted by Gasteiger charge is 2.28. The highest BCUT2D eigenvalue weighted by Crippen LogP contribution is 2.37. The second kappa shape index (κ2) is 15.4. The number of hydrogen-bond acceptors (Lipinski definition) is 6. The fourth-order valence-corrected chi connectivity index (χ4v) is 5.01. The summed E-state index contributed by atoms with van der Waals surface area (Å²) in [6, 6.07) is 3.29. The second-order valence-corrected chi connectivity index (χ2v) is 11.0. The lowest BCUT2D eigenvalue weighted by molar-refractivity contribution is -0.138. The van der Waals surface area contributed by atoms with Crippen molar-refractivity contribution in [1.82, 2.24) is 15.1 Å². The van der Waals surface area contributed by atoms with Crippen LogP contribution in [0.15, 0.2) is 24.3 Å². The Morgan fingerprint density at radius 1 is 1.05 bits per heavy atom. The van der Waals surface area contributed by atoms with Gasteiger partial charge in [0.1, 0.15) is 18.3 Å². The number of rotatable bonds is 15. The van der Waals surface area contributed by atoms with Crippen LogP contribution in [0.2, 0.25) is 0 Å². The monoisotopic (exact) mass is 571 g/mol. The number of hydrogen-bond donors (Lipinski definition) is 5. The molecule has 0 unspecified atom stereocenters. The normalized spacial score (nSPS) is 14.7. The van der Waals surface area contributed by atoms with Gasteiger partial charge in [0.15, 0.2) is 0 Å².